The molecule has 1 saturated heterocycles. The van der Waals surface area contributed by atoms with Crippen molar-refractivity contribution in [3.05, 3.63) is 6.33 Å². The molecule has 5 nitrogen and oxygen atoms in total. The Morgan fingerprint density at radius 3 is 2.78 bits per heavy atom. The Hall–Kier alpha value is -1.17. The van der Waals surface area contributed by atoms with Crippen molar-refractivity contribution in [2.24, 2.45) is 0 Å². The van der Waals surface area contributed by atoms with Gasteiger partial charge in [-0.15, -0.1) is 0 Å². The first kappa shape index (κ1) is 13.3. The van der Waals surface area contributed by atoms with Gasteiger partial charge in [0.15, 0.2) is 11.6 Å². The molecule has 100 valence electrons. The van der Waals surface area contributed by atoms with Gasteiger partial charge in [-0.1, -0.05) is 0 Å². The third kappa shape index (κ3) is 3.19. The normalized spacial score (nSPS) is 18.7. The first-order chi connectivity index (χ1) is 8.85. The van der Waals surface area contributed by atoms with Gasteiger partial charge in [0.25, 0.3) is 0 Å². The number of anilines is 2. The Bertz CT molecular complexity index is 382. The average Bonchev–Trinajstić information content (AvgIpc) is 2.90. The lowest BCUT2D eigenvalue weighted by Crippen LogP contribution is -2.16. The van der Waals surface area contributed by atoms with Gasteiger partial charge in [-0.2, -0.15) is 11.8 Å². The van der Waals surface area contributed by atoms with Crippen LogP contribution in [0, 0.1) is 0 Å². The predicted molar refractivity (Wildman–Crippen MR) is 76.7 cm³/mol. The summed E-state index contributed by atoms with van der Waals surface area (Å²) in [6.07, 6.45) is 4.16. The highest BCUT2D eigenvalue weighted by molar-refractivity contribution is 8.00. The van der Waals surface area contributed by atoms with Crippen molar-refractivity contribution in [2.75, 3.05) is 36.6 Å². The van der Waals surface area contributed by atoms with Gasteiger partial charge < -0.3 is 15.4 Å². The van der Waals surface area contributed by atoms with Crippen LogP contribution in [0.5, 0.6) is 5.75 Å². The molecule has 0 aromatic carbocycles. The van der Waals surface area contributed by atoms with E-state index < -0.39 is 0 Å². The minimum Gasteiger partial charge on any atom is -0.490 e. The van der Waals surface area contributed by atoms with E-state index in [1.54, 1.807) is 13.4 Å². The molecule has 1 aliphatic rings. The van der Waals surface area contributed by atoms with Crippen LogP contribution < -0.4 is 15.4 Å². The second-order valence-electron chi connectivity index (χ2n) is 4.15. The van der Waals surface area contributed by atoms with Gasteiger partial charge >= 0.3 is 0 Å². The summed E-state index contributed by atoms with van der Waals surface area (Å²) in [5.74, 6) is 3.49. The number of ether oxygens (including phenoxy) is 1. The van der Waals surface area contributed by atoms with E-state index in [9.17, 15) is 0 Å². The topological polar surface area (TPSA) is 59.1 Å². The fourth-order valence-corrected chi connectivity index (χ4v) is 3.20. The molecular weight excluding hydrogens is 248 g/mol. The van der Waals surface area contributed by atoms with Gasteiger partial charge in [0.1, 0.15) is 6.33 Å². The molecule has 1 aromatic rings. The summed E-state index contributed by atoms with van der Waals surface area (Å²) in [5.41, 5.74) is 0. The number of thioether (sulfide) groups is 1. The Morgan fingerprint density at radius 2 is 2.17 bits per heavy atom. The van der Waals surface area contributed by atoms with Crippen LogP contribution in [0.25, 0.3) is 0 Å². The maximum Gasteiger partial charge on any atom is 0.204 e. The lowest BCUT2D eigenvalue weighted by atomic mass is 10.2. The van der Waals surface area contributed by atoms with Crippen LogP contribution in [-0.2, 0) is 0 Å². The van der Waals surface area contributed by atoms with Crippen molar-refractivity contribution in [3.8, 4) is 5.75 Å². The number of methoxy groups -OCH3 is 1. The molecule has 18 heavy (non-hydrogen) atoms. The molecule has 0 saturated carbocycles. The maximum atomic E-state index is 5.39. The van der Waals surface area contributed by atoms with E-state index in [0.717, 1.165) is 24.7 Å². The van der Waals surface area contributed by atoms with Gasteiger partial charge in [-0.3, -0.25) is 0 Å². The summed E-state index contributed by atoms with van der Waals surface area (Å²) in [7, 11) is 1.65. The molecule has 1 atom stereocenters. The standard InChI is InChI=1S/C12H20N4OS/c1-3-13-11-10(17-2)12(16-8-15-11)14-7-9-5-4-6-18-9/h8-9H,3-7H2,1-2H3,(H2,13,14,15,16). The van der Waals surface area contributed by atoms with Crippen LogP contribution in [0.2, 0.25) is 0 Å². The Labute approximate surface area is 112 Å². The van der Waals surface area contributed by atoms with Gasteiger partial charge in [-0.05, 0) is 25.5 Å². The molecule has 0 amide bonds. The second kappa shape index (κ2) is 6.68. The van der Waals surface area contributed by atoms with Crippen molar-refractivity contribution in [1.29, 1.82) is 0 Å². The molecule has 0 bridgehead atoms. The zero-order valence-corrected chi connectivity index (χ0v) is 11.7. The number of nitrogens with zero attached hydrogens (tertiary/aromatic N) is 2. The van der Waals surface area contributed by atoms with Gasteiger partial charge in [0, 0.05) is 18.3 Å². The van der Waals surface area contributed by atoms with Gasteiger partial charge in [-0.25, -0.2) is 9.97 Å². The summed E-state index contributed by atoms with van der Waals surface area (Å²) < 4.78 is 5.39. The smallest absolute Gasteiger partial charge is 0.204 e. The first-order valence-electron chi connectivity index (χ1n) is 6.33. The van der Waals surface area contributed by atoms with E-state index >= 15 is 0 Å². The Morgan fingerprint density at radius 1 is 1.39 bits per heavy atom. The zero-order valence-electron chi connectivity index (χ0n) is 10.9. The van der Waals surface area contributed by atoms with E-state index in [-0.39, 0.29) is 0 Å². The summed E-state index contributed by atoms with van der Waals surface area (Å²) in [4.78, 5) is 8.44. The molecule has 2 heterocycles. The fraction of sp³-hybridized carbons (Fsp3) is 0.667. The molecule has 0 aliphatic carbocycles. The Balaban J connectivity index is 2.03. The van der Waals surface area contributed by atoms with Crippen LogP contribution in [0.4, 0.5) is 11.6 Å². The van der Waals surface area contributed by atoms with Crippen LogP contribution in [0.15, 0.2) is 6.33 Å². The minimum absolute atomic E-state index is 0.687. The second-order valence-corrected chi connectivity index (χ2v) is 5.56. The first-order valence-corrected chi connectivity index (χ1v) is 7.38. The van der Waals surface area contributed by atoms with Crippen molar-refractivity contribution in [3.63, 3.8) is 0 Å². The quantitative estimate of drug-likeness (QED) is 0.825. The fourth-order valence-electron chi connectivity index (χ4n) is 2.00. The monoisotopic (exact) mass is 268 g/mol. The maximum absolute atomic E-state index is 5.39. The summed E-state index contributed by atoms with van der Waals surface area (Å²) >= 11 is 2.03. The van der Waals surface area contributed by atoms with Crippen LogP contribution >= 0.6 is 11.8 Å². The van der Waals surface area contributed by atoms with Crippen LogP contribution in [-0.4, -0.2) is 41.2 Å². The molecular formula is C12H20N4OS. The van der Waals surface area contributed by atoms with E-state index in [4.69, 9.17) is 4.74 Å². The average molecular weight is 268 g/mol. The number of nitrogens with one attached hydrogen (secondary N) is 2. The van der Waals surface area contributed by atoms with Crippen molar-refractivity contribution in [2.45, 2.75) is 25.0 Å². The lowest BCUT2D eigenvalue weighted by molar-refractivity contribution is 0.414. The summed E-state index contributed by atoms with van der Waals surface area (Å²) in [6.45, 7) is 3.78. The largest absolute Gasteiger partial charge is 0.490 e. The number of hydrogen-bond donors (Lipinski definition) is 2. The predicted octanol–water partition coefficient (Wildman–Crippen LogP) is 2.22. The van der Waals surface area contributed by atoms with E-state index in [1.165, 1.54) is 18.6 Å². The third-order valence-electron chi connectivity index (χ3n) is 2.87. The molecule has 1 aromatic heterocycles. The van der Waals surface area contributed by atoms with Crippen molar-refractivity contribution in [1.82, 2.24) is 9.97 Å². The molecule has 1 aliphatic heterocycles. The molecule has 0 spiro atoms. The minimum atomic E-state index is 0.687. The third-order valence-corrected chi connectivity index (χ3v) is 4.27. The SMILES string of the molecule is CCNc1ncnc(NCC2CCCS2)c1OC. The highest BCUT2D eigenvalue weighted by Crippen LogP contribution is 2.30. The highest BCUT2D eigenvalue weighted by Gasteiger charge is 2.17. The molecule has 2 rings (SSSR count). The summed E-state index contributed by atoms with van der Waals surface area (Å²) in [5, 5.41) is 7.23. The molecule has 6 heteroatoms. The van der Waals surface area contributed by atoms with Crippen molar-refractivity contribution < 1.29 is 4.74 Å². The lowest BCUT2D eigenvalue weighted by Gasteiger charge is -2.15. The van der Waals surface area contributed by atoms with E-state index in [1.807, 2.05) is 18.7 Å². The van der Waals surface area contributed by atoms with Crippen LogP contribution in [0.1, 0.15) is 19.8 Å². The van der Waals surface area contributed by atoms with E-state index in [2.05, 4.69) is 20.6 Å². The summed E-state index contributed by atoms with van der Waals surface area (Å²) in [6, 6.07) is 0. The molecule has 1 unspecified atom stereocenters. The zero-order chi connectivity index (χ0) is 12.8. The number of rotatable bonds is 6. The highest BCUT2D eigenvalue weighted by atomic mass is 32.2. The van der Waals surface area contributed by atoms with Gasteiger partial charge in [0.05, 0.1) is 7.11 Å². The molecule has 1 fully saturated rings. The van der Waals surface area contributed by atoms with Crippen LogP contribution in [0.3, 0.4) is 0 Å². The van der Waals surface area contributed by atoms with Crippen molar-refractivity contribution >= 4 is 23.4 Å². The molecule has 0 radical (unpaired) electrons. The number of aromatic nitrogens is 2. The molecule has 2 N–H and O–H groups in total. The van der Waals surface area contributed by atoms with Gasteiger partial charge in [0.2, 0.25) is 5.75 Å². The Kier molecular flexibility index (Phi) is 4.92. The number of hydrogen-bond acceptors (Lipinski definition) is 6. The van der Waals surface area contributed by atoms with E-state index in [0.29, 0.717) is 11.0 Å².